The van der Waals surface area contributed by atoms with Crippen molar-refractivity contribution in [1.82, 2.24) is 9.62 Å². The quantitative estimate of drug-likeness (QED) is 0.856. The first-order chi connectivity index (χ1) is 11.4. The van der Waals surface area contributed by atoms with Crippen molar-refractivity contribution in [3.05, 3.63) is 35.4 Å². The summed E-state index contributed by atoms with van der Waals surface area (Å²) in [6.07, 6.45) is 2.28. The molecule has 2 atom stereocenters. The van der Waals surface area contributed by atoms with Crippen molar-refractivity contribution in [3.63, 3.8) is 0 Å². The van der Waals surface area contributed by atoms with Gasteiger partial charge in [0, 0.05) is 13.1 Å². The number of benzene rings is 1. The fraction of sp³-hybridized carbons (Fsp3) is 0.611. The molecular weight excluding hydrogens is 324 g/mol. The fourth-order valence-electron chi connectivity index (χ4n) is 3.26. The molecule has 134 valence electrons. The van der Waals surface area contributed by atoms with Gasteiger partial charge in [0.15, 0.2) is 0 Å². The second kappa shape index (κ2) is 8.12. The molecule has 0 bridgehead atoms. The summed E-state index contributed by atoms with van der Waals surface area (Å²) in [5.74, 6) is -0.221. The number of carbonyl (C=O) groups is 1. The summed E-state index contributed by atoms with van der Waals surface area (Å²) in [6.45, 7) is 6.55. The number of hydrogen-bond acceptors (Lipinski definition) is 3. The first-order valence-electron chi connectivity index (χ1n) is 8.72. The van der Waals surface area contributed by atoms with Crippen molar-refractivity contribution < 1.29 is 13.2 Å². The Hall–Kier alpha value is -1.40. The summed E-state index contributed by atoms with van der Waals surface area (Å²) < 4.78 is 25.6. The Morgan fingerprint density at radius 3 is 2.67 bits per heavy atom. The predicted molar refractivity (Wildman–Crippen MR) is 96.1 cm³/mol. The molecule has 24 heavy (non-hydrogen) atoms. The fourth-order valence-corrected chi connectivity index (χ4v) is 4.44. The van der Waals surface area contributed by atoms with Crippen molar-refractivity contribution in [2.45, 2.75) is 46.1 Å². The number of nitrogens with one attached hydrogen (secondary N) is 1. The maximum absolute atomic E-state index is 12.7. The van der Waals surface area contributed by atoms with Crippen LogP contribution < -0.4 is 5.32 Å². The molecule has 0 spiro atoms. The summed E-state index contributed by atoms with van der Waals surface area (Å²) in [6, 6.07) is 8.02. The number of rotatable bonds is 6. The van der Waals surface area contributed by atoms with Crippen molar-refractivity contribution in [1.29, 1.82) is 0 Å². The maximum atomic E-state index is 12.7. The van der Waals surface area contributed by atoms with Crippen LogP contribution in [-0.2, 0) is 14.8 Å². The number of carbonyl (C=O) groups excluding carboxylic acids is 1. The summed E-state index contributed by atoms with van der Waals surface area (Å²) in [7, 11) is -3.23. The molecule has 1 aromatic carbocycles. The molecule has 1 aliphatic heterocycles. The van der Waals surface area contributed by atoms with Crippen LogP contribution in [0.2, 0.25) is 0 Å². The number of nitrogens with zero attached hydrogens (tertiary/aromatic N) is 1. The van der Waals surface area contributed by atoms with Crippen molar-refractivity contribution in [2.75, 3.05) is 18.8 Å². The maximum Gasteiger partial charge on any atom is 0.224 e. The van der Waals surface area contributed by atoms with E-state index in [9.17, 15) is 13.2 Å². The molecule has 1 fully saturated rings. The van der Waals surface area contributed by atoms with Crippen LogP contribution in [0.5, 0.6) is 0 Å². The van der Waals surface area contributed by atoms with Crippen molar-refractivity contribution in [2.24, 2.45) is 5.92 Å². The summed E-state index contributed by atoms with van der Waals surface area (Å²) in [4.78, 5) is 12.7. The third kappa shape index (κ3) is 4.36. The van der Waals surface area contributed by atoms with E-state index in [0.29, 0.717) is 13.1 Å². The van der Waals surface area contributed by atoms with E-state index >= 15 is 0 Å². The standard InChI is InChI=1S/C18H28N2O3S/c1-4-17(16-11-7-6-9-14(16)3)19-18(21)15-10-8-12-20(13-15)24(22,23)5-2/h6-7,9,11,15,17H,4-5,8,10,12-13H2,1-3H3,(H,19,21). The van der Waals surface area contributed by atoms with Crippen LogP contribution in [0.4, 0.5) is 0 Å². The average molecular weight is 353 g/mol. The topological polar surface area (TPSA) is 66.5 Å². The van der Waals surface area contributed by atoms with Gasteiger partial charge in [-0.15, -0.1) is 0 Å². The normalized spacial score (nSPS) is 20.5. The molecule has 0 aliphatic carbocycles. The number of sulfonamides is 1. The molecule has 1 aromatic rings. The average Bonchev–Trinajstić information content (AvgIpc) is 2.60. The van der Waals surface area contributed by atoms with Crippen LogP contribution >= 0.6 is 0 Å². The molecule has 1 N–H and O–H groups in total. The third-order valence-corrected chi connectivity index (χ3v) is 6.65. The van der Waals surface area contributed by atoms with Crippen LogP contribution in [0.3, 0.4) is 0 Å². The molecule has 2 rings (SSSR count). The molecular formula is C18H28N2O3S. The Bertz CT molecular complexity index is 673. The highest BCUT2D eigenvalue weighted by molar-refractivity contribution is 7.89. The van der Waals surface area contributed by atoms with Gasteiger partial charge >= 0.3 is 0 Å². The molecule has 1 amide bonds. The second-order valence-corrected chi connectivity index (χ2v) is 8.68. The van der Waals surface area contributed by atoms with E-state index in [1.54, 1.807) is 6.92 Å². The number of amides is 1. The second-order valence-electron chi connectivity index (χ2n) is 6.42. The van der Waals surface area contributed by atoms with E-state index in [-0.39, 0.29) is 23.6 Å². The minimum absolute atomic E-state index is 0.0307. The van der Waals surface area contributed by atoms with Gasteiger partial charge in [0.25, 0.3) is 0 Å². The third-order valence-electron chi connectivity index (χ3n) is 4.80. The molecule has 6 heteroatoms. The van der Waals surface area contributed by atoms with Gasteiger partial charge in [-0.25, -0.2) is 12.7 Å². The minimum Gasteiger partial charge on any atom is -0.349 e. The molecule has 1 heterocycles. The number of hydrogen-bond donors (Lipinski definition) is 1. The van der Waals surface area contributed by atoms with Gasteiger partial charge in [-0.3, -0.25) is 4.79 Å². The van der Waals surface area contributed by atoms with Crippen molar-refractivity contribution in [3.8, 4) is 0 Å². The zero-order chi connectivity index (χ0) is 17.7. The Labute approximate surface area is 145 Å². The van der Waals surface area contributed by atoms with E-state index in [1.807, 2.05) is 38.1 Å². The van der Waals surface area contributed by atoms with E-state index in [4.69, 9.17) is 0 Å². The lowest BCUT2D eigenvalue weighted by molar-refractivity contribution is -0.126. The van der Waals surface area contributed by atoms with Crippen LogP contribution in [-0.4, -0.2) is 37.5 Å². The van der Waals surface area contributed by atoms with Crippen LogP contribution in [0.1, 0.15) is 50.3 Å². The SMILES string of the molecule is CCC(NC(=O)C1CCCN(S(=O)(=O)CC)C1)c1ccccc1C. The molecule has 0 aromatic heterocycles. The monoisotopic (exact) mass is 352 g/mol. The summed E-state index contributed by atoms with van der Waals surface area (Å²) in [5.41, 5.74) is 2.28. The largest absolute Gasteiger partial charge is 0.349 e. The Balaban J connectivity index is 2.07. The lowest BCUT2D eigenvalue weighted by Crippen LogP contribution is -2.46. The number of aryl methyl sites for hydroxylation is 1. The smallest absolute Gasteiger partial charge is 0.224 e. The van der Waals surface area contributed by atoms with Gasteiger partial charge < -0.3 is 5.32 Å². The highest BCUT2D eigenvalue weighted by Gasteiger charge is 2.32. The lowest BCUT2D eigenvalue weighted by atomic mass is 9.95. The molecule has 1 saturated heterocycles. The van der Waals surface area contributed by atoms with E-state index in [2.05, 4.69) is 5.32 Å². The first-order valence-corrected chi connectivity index (χ1v) is 10.3. The molecule has 1 aliphatic rings. The van der Waals surface area contributed by atoms with Gasteiger partial charge in [0.2, 0.25) is 15.9 Å². The van der Waals surface area contributed by atoms with Crippen LogP contribution in [0.15, 0.2) is 24.3 Å². The Morgan fingerprint density at radius 1 is 1.33 bits per heavy atom. The van der Waals surface area contributed by atoms with Gasteiger partial charge in [0.1, 0.15) is 0 Å². The Morgan fingerprint density at radius 2 is 2.04 bits per heavy atom. The van der Waals surface area contributed by atoms with Gasteiger partial charge in [-0.2, -0.15) is 0 Å². The first kappa shape index (κ1) is 18.9. The van der Waals surface area contributed by atoms with Gasteiger partial charge in [-0.1, -0.05) is 31.2 Å². The van der Waals surface area contributed by atoms with Crippen molar-refractivity contribution >= 4 is 15.9 Å². The van der Waals surface area contributed by atoms with Crippen LogP contribution in [0.25, 0.3) is 0 Å². The molecule has 2 unspecified atom stereocenters. The summed E-state index contributed by atoms with van der Waals surface area (Å²) >= 11 is 0. The molecule has 0 saturated carbocycles. The van der Waals surface area contributed by atoms with Gasteiger partial charge in [0.05, 0.1) is 17.7 Å². The lowest BCUT2D eigenvalue weighted by Gasteiger charge is -2.32. The number of piperidine rings is 1. The van der Waals surface area contributed by atoms with E-state index in [1.165, 1.54) is 4.31 Å². The van der Waals surface area contributed by atoms with E-state index < -0.39 is 10.0 Å². The van der Waals surface area contributed by atoms with E-state index in [0.717, 1.165) is 30.4 Å². The Kier molecular flexibility index (Phi) is 6.40. The van der Waals surface area contributed by atoms with Crippen LogP contribution in [0, 0.1) is 12.8 Å². The minimum atomic E-state index is -3.23. The highest BCUT2D eigenvalue weighted by atomic mass is 32.2. The zero-order valence-electron chi connectivity index (χ0n) is 14.8. The summed E-state index contributed by atoms with van der Waals surface area (Å²) in [5, 5.41) is 3.12. The zero-order valence-corrected chi connectivity index (χ0v) is 15.6. The predicted octanol–water partition coefficient (Wildman–Crippen LogP) is 2.62. The van der Waals surface area contributed by atoms with Gasteiger partial charge in [-0.05, 0) is 44.2 Å². The highest BCUT2D eigenvalue weighted by Crippen LogP contribution is 2.24. The molecule has 5 nitrogen and oxygen atoms in total. The molecule has 0 radical (unpaired) electrons.